The summed E-state index contributed by atoms with van der Waals surface area (Å²) in [6, 6.07) is 1.98. The summed E-state index contributed by atoms with van der Waals surface area (Å²) in [7, 11) is 0. The molecular weight excluding hydrogens is 172 g/mol. The van der Waals surface area contributed by atoms with Gasteiger partial charge in [-0.15, -0.1) is 0 Å². The normalized spacial score (nSPS) is 12.8. The molecule has 1 heterocycles. The number of thiophene rings is 1. The average molecular weight is 184 g/mol. The minimum absolute atomic E-state index is 0.223. The number of hydrogen-bond donors (Lipinski definition) is 1. The van der Waals surface area contributed by atoms with Crippen LogP contribution < -0.4 is 0 Å². The molecule has 0 fully saturated rings. The Kier molecular flexibility index (Phi) is 3.29. The van der Waals surface area contributed by atoms with Gasteiger partial charge in [0.2, 0.25) is 0 Å². The van der Waals surface area contributed by atoms with Crippen LogP contribution in [-0.2, 0) is 11.2 Å². The first-order chi connectivity index (χ1) is 5.74. The zero-order chi connectivity index (χ0) is 8.97. The molecule has 1 aromatic heterocycles. The fourth-order valence-electron chi connectivity index (χ4n) is 1.10. The third-order valence-electron chi connectivity index (χ3n) is 1.90. The first kappa shape index (κ1) is 9.26. The number of hydrogen-bond acceptors (Lipinski definition) is 2. The van der Waals surface area contributed by atoms with Gasteiger partial charge >= 0.3 is 5.97 Å². The van der Waals surface area contributed by atoms with Crippen LogP contribution in [0.3, 0.4) is 0 Å². The molecule has 0 amide bonds. The molecule has 0 spiro atoms. The van der Waals surface area contributed by atoms with Crippen molar-refractivity contribution in [3.63, 3.8) is 0 Å². The lowest BCUT2D eigenvalue weighted by molar-refractivity contribution is -0.141. The maximum atomic E-state index is 10.7. The molecule has 0 unspecified atom stereocenters. The smallest absolute Gasteiger partial charge is 0.306 e. The third kappa shape index (κ3) is 2.34. The highest BCUT2D eigenvalue weighted by Crippen LogP contribution is 2.14. The van der Waals surface area contributed by atoms with Gasteiger partial charge in [0, 0.05) is 0 Å². The molecule has 66 valence electrons. The minimum Gasteiger partial charge on any atom is -0.481 e. The lowest BCUT2D eigenvalue weighted by atomic mass is 9.99. The van der Waals surface area contributed by atoms with Crippen LogP contribution in [0.1, 0.15) is 18.9 Å². The number of carboxylic acids is 1. The van der Waals surface area contributed by atoms with Gasteiger partial charge in [-0.25, -0.2) is 0 Å². The maximum absolute atomic E-state index is 10.7. The van der Waals surface area contributed by atoms with Crippen LogP contribution >= 0.6 is 11.3 Å². The van der Waals surface area contributed by atoms with Crippen LogP contribution in [0.4, 0.5) is 0 Å². The molecule has 3 heteroatoms. The van der Waals surface area contributed by atoms with Gasteiger partial charge in [-0.3, -0.25) is 4.79 Å². The lowest BCUT2D eigenvalue weighted by Crippen LogP contribution is -2.14. The second kappa shape index (κ2) is 4.26. The van der Waals surface area contributed by atoms with Crippen molar-refractivity contribution in [3.8, 4) is 0 Å². The van der Waals surface area contributed by atoms with Crippen LogP contribution in [0.5, 0.6) is 0 Å². The van der Waals surface area contributed by atoms with E-state index in [9.17, 15) is 4.79 Å². The average Bonchev–Trinajstić information content (AvgIpc) is 2.51. The van der Waals surface area contributed by atoms with E-state index < -0.39 is 5.97 Å². The maximum Gasteiger partial charge on any atom is 0.306 e. The highest BCUT2D eigenvalue weighted by Gasteiger charge is 2.15. The molecular formula is C9H12O2S. The zero-order valence-electron chi connectivity index (χ0n) is 6.99. The molecule has 0 aromatic carbocycles. The molecule has 0 aliphatic rings. The summed E-state index contributed by atoms with van der Waals surface area (Å²) in [6.07, 6.45) is 1.36. The predicted octanol–water partition coefficient (Wildman–Crippen LogP) is 2.40. The number of aliphatic carboxylic acids is 1. The van der Waals surface area contributed by atoms with E-state index in [0.29, 0.717) is 12.8 Å². The Morgan fingerprint density at radius 1 is 1.75 bits per heavy atom. The first-order valence-electron chi connectivity index (χ1n) is 3.98. The van der Waals surface area contributed by atoms with Crippen molar-refractivity contribution in [3.05, 3.63) is 22.4 Å². The SMILES string of the molecule is CC[C@H](Cc1ccsc1)C(=O)O. The molecule has 0 aliphatic heterocycles. The largest absolute Gasteiger partial charge is 0.481 e. The van der Waals surface area contributed by atoms with E-state index in [1.807, 2.05) is 23.8 Å². The fraction of sp³-hybridized carbons (Fsp3) is 0.444. The van der Waals surface area contributed by atoms with Gasteiger partial charge in [-0.2, -0.15) is 11.3 Å². The summed E-state index contributed by atoms with van der Waals surface area (Å²) in [6.45, 7) is 1.91. The molecule has 0 radical (unpaired) electrons. The van der Waals surface area contributed by atoms with E-state index >= 15 is 0 Å². The molecule has 0 saturated heterocycles. The van der Waals surface area contributed by atoms with E-state index in [-0.39, 0.29) is 5.92 Å². The Morgan fingerprint density at radius 3 is 2.92 bits per heavy atom. The van der Waals surface area contributed by atoms with Gasteiger partial charge in [-0.1, -0.05) is 6.92 Å². The molecule has 1 aromatic rings. The zero-order valence-corrected chi connectivity index (χ0v) is 7.80. The number of carboxylic acid groups (broad SMARTS) is 1. The van der Waals surface area contributed by atoms with E-state index in [1.54, 1.807) is 11.3 Å². The van der Waals surface area contributed by atoms with E-state index in [2.05, 4.69) is 0 Å². The fourth-order valence-corrected chi connectivity index (χ4v) is 1.78. The van der Waals surface area contributed by atoms with Gasteiger partial charge < -0.3 is 5.11 Å². The van der Waals surface area contributed by atoms with E-state index in [0.717, 1.165) is 5.56 Å². The van der Waals surface area contributed by atoms with Crippen LogP contribution in [0.15, 0.2) is 16.8 Å². The van der Waals surface area contributed by atoms with Crippen molar-refractivity contribution >= 4 is 17.3 Å². The quantitative estimate of drug-likeness (QED) is 0.780. The minimum atomic E-state index is -0.691. The van der Waals surface area contributed by atoms with E-state index in [1.165, 1.54) is 0 Å². The summed E-state index contributed by atoms with van der Waals surface area (Å²) in [5.41, 5.74) is 1.13. The van der Waals surface area contributed by atoms with Crippen molar-refractivity contribution in [2.45, 2.75) is 19.8 Å². The Morgan fingerprint density at radius 2 is 2.50 bits per heavy atom. The van der Waals surface area contributed by atoms with Gasteiger partial charge in [-0.05, 0) is 35.2 Å². The van der Waals surface area contributed by atoms with Crippen molar-refractivity contribution in [2.24, 2.45) is 5.92 Å². The summed E-state index contributed by atoms with van der Waals surface area (Å²) in [5, 5.41) is 12.8. The molecule has 1 rings (SSSR count). The topological polar surface area (TPSA) is 37.3 Å². The molecule has 0 bridgehead atoms. The highest BCUT2D eigenvalue weighted by molar-refractivity contribution is 7.07. The second-order valence-corrected chi connectivity index (χ2v) is 3.56. The Labute approximate surface area is 75.9 Å². The Balaban J connectivity index is 2.54. The van der Waals surface area contributed by atoms with Gasteiger partial charge in [0.05, 0.1) is 5.92 Å². The van der Waals surface area contributed by atoms with Crippen molar-refractivity contribution in [2.75, 3.05) is 0 Å². The third-order valence-corrected chi connectivity index (χ3v) is 2.64. The summed E-state index contributed by atoms with van der Waals surface area (Å²) in [4.78, 5) is 10.7. The molecule has 1 atom stereocenters. The molecule has 0 saturated carbocycles. The summed E-state index contributed by atoms with van der Waals surface area (Å²) < 4.78 is 0. The lowest BCUT2D eigenvalue weighted by Gasteiger charge is -2.06. The molecule has 12 heavy (non-hydrogen) atoms. The molecule has 0 aliphatic carbocycles. The van der Waals surface area contributed by atoms with Crippen molar-refractivity contribution < 1.29 is 9.90 Å². The van der Waals surface area contributed by atoms with Gasteiger partial charge in [0.1, 0.15) is 0 Å². The number of rotatable bonds is 4. The molecule has 1 N–H and O–H groups in total. The Hall–Kier alpha value is -0.830. The summed E-state index contributed by atoms with van der Waals surface area (Å²) >= 11 is 1.61. The predicted molar refractivity (Wildman–Crippen MR) is 49.4 cm³/mol. The second-order valence-electron chi connectivity index (χ2n) is 2.78. The highest BCUT2D eigenvalue weighted by atomic mass is 32.1. The first-order valence-corrected chi connectivity index (χ1v) is 4.92. The van der Waals surface area contributed by atoms with Gasteiger partial charge in [0.25, 0.3) is 0 Å². The van der Waals surface area contributed by atoms with Crippen LogP contribution in [0.25, 0.3) is 0 Å². The van der Waals surface area contributed by atoms with Crippen molar-refractivity contribution in [1.82, 2.24) is 0 Å². The Bertz CT molecular complexity index is 241. The van der Waals surface area contributed by atoms with Gasteiger partial charge in [0.15, 0.2) is 0 Å². The number of carbonyl (C=O) groups is 1. The monoisotopic (exact) mass is 184 g/mol. The van der Waals surface area contributed by atoms with E-state index in [4.69, 9.17) is 5.11 Å². The standard InChI is InChI=1S/C9H12O2S/c1-2-8(9(10)11)5-7-3-4-12-6-7/h3-4,6,8H,2,5H2,1H3,(H,10,11)/t8-/m1/s1. The van der Waals surface area contributed by atoms with Crippen molar-refractivity contribution in [1.29, 1.82) is 0 Å². The summed E-state index contributed by atoms with van der Waals surface area (Å²) in [5.74, 6) is -0.914. The van der Waals surface area contributed by atoms with Crippen LogP contribution in [-0.4, -0.2) is 11.1 Å². The van der Waals surface area contributed by atoms with Crippen LogP contribution in [0.2, 0.25) is 0 Å². The van der Waals surface area contributed by atoms with Crippen LogP contribution in [0, 0.1) is 5.92 Å². The molecule has 2 nitrogen and oxygen atoms in total.